The van der Waals surface area contributed by atoms with E-state index < -0.39 is 21.4 Å². The predicted molar refractivity (Wildman–Crippen MR) is 144 cm³/mol. The van der Waals surface area contributed by atoms with Crippen molar-refractivity contribution in [1.82, 2.24) is 9.38 Å². The average molecular weight is 549 g/mol. The molecule has 0 fully saturated rings. The van der Waals surface area contributed by atoms with Crippen LogP contribution < -0.4 is 4.18 Å². The van der Waals surface area contributed by atoms with Crippen molar-refractivity contribution in [2.45, 2.75) is 5.51 Å². The molecule has 0 aliphatic heterocycles. The molecule has 0 unspecified atom stereocenters. The first-order valence-corrected chi connectivity index (χ1v) is 13.7. The van der Waals surface area contributed by atoms with E-state index >= 15 is 0 Å². The molecule has 0 atom stereocenters. The van der Waals surface area contributed by atoms with Gasteiger partial charge in [-0.25, -0.2) is 4.98 Å². The number of thiophene rings is 1. The molecule has 0 aliphatic carbocycles. The van der Waals surface area contributed by atoms with E-state index in [9.17, 15) is 21.6 Å². The van der Waals surface area contributed by atoms with Crippen LogP contribution in [0.5, 0.6) is 5.75 Å². The van der Waals surface area contributed by atoms with E-state index in [-0.39, 0.29) is 0 Å². The van der Waals surface area contributed by atoms with Crippen LogP contribution in [0.1, 0.15) is 0 Å². The third kappa shape index (κ3) is 3.37. The molecule has 4 aromatic carbocycles. The average Bonchev–Trinajstić information content (AvgIpc) is 3.47. The van der Waals surface area contributed by atoms with Crippen LogP contribution in [-0.4, -0.2) is 23.3 Å². The molecule has 3 aromatic heterocycles. The van der Waals surface area contributed by atoms with Crippen molar-refractivity contribution in [3.63, 3.8) is 0 Å². The first-order chi connectivity index (χ1) is 18.2. The number of nitrogens with zero attached hydrogens (tertiary/aromatic N) is 2. The molecule has 0 radical (unpaired) electrons. The minimum absolute atomic E-state index is 0.425. The zero-order chi connectivity index (χ0) is 26.2. The Kier molecular flexibility index (Phi) is 4.80. The van der Waals surface area contributed by atoms with Crippen LogP contribution in [0.4, 0.5) is 13.2 Å². The van der Waals surface area contributed by atoms with Gasteiger partial charge in [-0.15, -0.1) is 11.3 Å². The third-order valence-electron chi connectivity index (χ3n) is 6.55. The number of imidazole rings is 1. The van der Waals surface area contributed by atoms with Gasteiger partial charge in [0, 0.05) is 20.9 Å². The maximum atomic E-state index is 12.8. The minimum Gasteiger partial charge on any atom is -0.376 e. The van der Waals surface area contributed by atoms with Gasteiger partial charge in [0.25, 0.3) is 0 Å². The second-order valence-corrected chi connectivity index (χ2v) is 11.4. The molecule has 0 bridgehead atoms. The van der Waals surface area contributed by atoms with Gasteiger partial charge in [-0.05, 0) is 53.4 Å². The quantitative estimate of drug-likeness (QED) is 0.166. The second-order valence-electron chi connectivity index (χ2n) is 8.80. The Hall–Kier alpha value is -4.15. The number of hydrogen-bond donors (Lipinski definition) is 0. The summed E-state index contributed by atoms with van der Waals surface area (Å²) in [5.74, 6) is -0.425. The van der Waals surface area contributed by atoms with Crippen molar-refractivity contribution in [2.24, 2.45) is 0 Å². The molecule has 0 saturated heterocycles. The molecule has 0 aliphatic rings. The lowest BCUT2D eigenvalue weighted by molar-refractivity contribution is -0.0500. The fraction of sp³-hybridized carbons (Fsp3) is 0.0357. The summed E-state index contributed by atoms with van der Waals surface area (Å²) in [6.45, 7) is 0. The van der Waals surface area contributed by atoms with E-state index in [1.54, 1.807) is 23.5 Å². The summed E-state index contributed by atoms with van der Waals surface area (Å²) in [5, 5.41) is 4.15. The van der Waals surface area contributed by atoms with Gasteiger partial charge in [0.2, 0.25) is 0 Å². The van der Waals surface area contributed by atoms with Gasteiger partial charge in [0.05, 0.1) is 21.4 Å². The van der Waals surface area contributed by atoms with Crippen LogP contribution in [0.3, 0.4) is 0 Å². The molecule has 0 amide bonds. The van der Waals surface area contributed by atoms with Crippen LogP contribution in [0.2, 0.25) is 0 Å². The minimum atomic E-state index is -5.76. The fourth-order valence-electron chi connectivity index (χ4n) is 4.85. The normalized spacial score (nSPS) is 12.8. The molecule has 188 valence electrons. The largest absolute Gasteiger partial charge is 0.534 e. The SMILES string of the molecule is O=S(=O)(Oc1ccc(-c2cc3c4ccccc4sc3c3nc4c5ccccc5ccc4n23)cc1)C(F)(F)F. The van der Waals surface area contributed by atoms with E-state index in [1.807, 2.05) is 65.1 Å². The van der Waals surface area contributed by atoms with Crippen molar-refractivity contribution >= 4 is 69.1 Å². The maximum absolute atomic E-state index is 12.8. The van der Waals surface area contributed by atoms with Crippen LogP contribution in [0, 0.1) is 0 Å². The number of hydrogen-bond acceptors (Lipinski definition) is 5. The van der Waals surface area contributed by atoms with Crippen molar-refractivity contribution in [3.8, 4) is 17.0 Å². The summed E-state index contributed by atoms with van der Waals surface area (Å²) in [7, 11) is -5.76. The summed E-state index contributed by atoms with van der Waals surface area (Å²) in [4.78, 5) is 5.09. The van der Waals surface area contributed by atoms with Crippen molar-refractivity contribution in [1.29, 1.82) is 0 Å². The zero-order valence-corrected chi connectivity index (χ0v) is 20.9. The summed E-state index contributed by atoms with van der Waals surface area (Å²) in [6, 6.07) is 27.7. The first kappa shape index (κ1) is 23.0. The number of fused-ring (bicyclic) bond motifs is 9. The molecule has 0 spiro atoms. The van der Waals surface area contributed by atoms with E-state index in [0.29, 0.717) is 5.56 Å². The monoisotopic (exact) mass is 548 g/mol. The summed E-state index contributed by atoms with van der Waals surface area (Å²) < 4.78 is 69.7. The molecule has 38 heavy (non-hydrogen) atoms. The lowest BCUT2D eigenvalue weighted by Crippen LogP contribution is -2.28. The second kappa shape index (κ2) is 7.92. The van der Waals surface area contributed by atoms with Gasteiger partial charge >= 0.3 is 15.6 Å². The Morgan fingerprint density at radius 3 is 2.29 bits per heavy atom. The first-order valence-electron chi connectivity index (χ1n) is 11.5. The number of alkyl halides is 3. The topological polar surface area (TPSA) is 60.7 Å². The molecule has 5 nitrogen and oxygen atoms in total. The van der Waals surface area contributed by atoms with Crippen molar-refractivity contribution in [3.05, 3.63) is 91.0 Å². The molecule has 7 aromatic rings. The number of pyridine rings is 1. The van der Waals surface area contributed by atoms with E-state index in [0.717, 1.165) is 53.3 Å². The summed E-state index contributed by atoms with van der Waals surface area (Å²) in [5.41, 5.74) is -1.60. The maximum Gasteiger partial charge on any atom is 0.534 e. The summed E-state index contributed by atoms with van der Waals surface area (Å²) >= 11 is 1.65. The highest BCUT2D eigenvalue weighted by Gasteiger charge is 2.48. The van der Waals surface area contributed by atoms with Crippen molar-refractivity contribution in [2.75, 3.05) is 0 Å². The third-order valence-corrected chi connectivity index (χ3v) is 8.71. The van der Waals surface area contributed by atoms with Crippen molar-refractivity contribution < 1.29 is 25.8 Å². The molecule has 3 heterocycles. The Labute approximate surface area is 217 Å². The lowest BCUT2D eigenvalue weighted by Gasteiger charge is -2.11. The highest BCUT2D eigenvalue weighted by Crippen LogP contribution is 2.41. The Morgan fingerprint density at radius 1 is 0.816 bits per heavy atom. The van der Waals surface area contributed by atoms with Crippen LogP contribution in [0.25, 0.3) is 58.9 Å². The molecular weight excluding hydrogens is 533 g/mol. The van der Waals surface area contributed by atoms with Gasteiger partial charge < -0.3 is 4.18 Å². The highest BCUT2D eigenvalue weighted by molar-refractivity contribution is 7.88. The lowest BCUT2D eigenvalue weighted by atomic mass is 10.1. The number of rotatable bonds is 3. The number of benzene rings is 4. The van der Waals surface area contributed by atoms with Crippen LogP contribution in [0.15, 0.2) is 91.0 Å². The van der Waals surface area contributed by atoms with Gasteiger partial charge in [-0.2, -0.15) is 21.6 Å². The molecule has 0 N–H and O–H groups in total. The smallest absolute Gasteiger partial charge is 0.376 e. The fourth-order valence-corrected chi connectivity index (χ4v) is 6.47. The number of aromatic nitrogens is 2. The van der Waals surface area contributed by atoms with Crippen LogP contribution in [-0.2, 0) is 10.1 Å². The molecule has 0 saturated carbocycles. The Morgan fingerprint density at radius 2 is 1.53 bits per heavy atom. The number of halogens is 3. The predicted octanol–water partition coefficient (Wildman–Crippen LogP) is 7.90. The Bertz CT molecular complexity index is 2160. The van der Waals surface area contributed by atoms with E-state index in [2.05, 4.69) is 10.2 Å². The van der Waals surface area contributed by atoms with Gasteiger partial charge in [-0.3, -0.25) is 4.40 Å². The Balaban J connectivity index is 1.52. The van der Waals surface area contributed by atoms with E-state index in [4.69, 9.17) is 4.98 Å². The van der Waals surface area contributed by atoms with E-state index in [1.165, 1.54) is 12.1 Å². The summed E-state index contributed by atoms with van der Waals surface area (Å²) in [6.07, 6.45) is 0. The molecular formula is C28H15F3N2O3S2. The highest BCUT2D eigenvalue weighted by atomic mass is 32.2. The molecule has 10 heteroatoms. The van der Waals surface area contributed by atoms with Crippen LogP contribution >= 0.6 is 11.3 Å². The molecule has 7 rings (SSSR count). The van der Waals surface area contributed by atoms with Gasteiger partial charge in [0.1, 0.15) is 5.75 Å². The standard InChI is InChI=1S/C28H15F3N2O3S2/c29-28(30,31)38(34,35)36-18-12-9-17(10-13-18)23-15-21-20-7-3-4-8-24(20)37-26(21)27-32-25-19-6-2-1-5-16(19)11-14-22(25)33(23)27/h1-15H. The zero-order valence-electron chi connectivity index (χ0n) is 19.2. The van der Waals surface area contributed by atoms with Gasteiger partial charge in [0.15, 0.2) is 5.65 Å². The van der Waals surface area contributed by atoms with Gasteiger partial charge in [-0.1, -0.05) is 48.5 Å².